The second kappa shape index (κ2) is 5.31. The Kier molecular flexibility index (Phi) is 4.24. The van der Waals surface area contributed by atoms with Gasteiger partial charge in [-0.2, -0.15) is 18.4 Å². The van der Waals surface area contributed by atoms with Gasteiger partial charge < -0.3 is 5.11 Å². The largest absolute Gasteiger partial charge is 0.481 e. The number of benzene rings is 1. The minimum Gasteiger partial charge on any atom is -0.481 e. The van der Waals surface area contributed by atoms with E-state index < -0.39 is 17.9 Å². The molecular formula is C11H8F3NO2S. The number of nitriles is 1. The van der Waals surface area contributed by atoms with Crippen molar-refractivity contribution in [3.05, 3.63) is 28.8 Å². The first-order valence-electron chi connectivity index (χ1n) is 4.74. The number of hydrogen-bond donors (Lipinski definition) is 1. The van der Waals surface area contributed by atoms with Crippen molar-refractivity contribution >= 4 is 17.7 Å². The summed E-state index contributed by atoms with van der Waals surface area (Å²) in [5.74, 6) is -1.22. The van der Waals surface area contributed by atoms with Gasteiger partial charge in [0.15, 0.2) is 0 Å². The molecule has 0 aliphatic heterocycles. The van der Waals surface area contributed by atoms with Gasteiger partial charge >= 0.3 is 11.5 Å². The fourth-order valence-corrected chi connectivity index (χ4v) is 2.19. The molecule has 0 saturated heterocycles. The van der Waals surface area contributed by atoms with Crippen LogP contribution in [-0.2, 0) is 11.2 Å². The quantitative estimate of drug-likeness (QED) is 0.861. The monoisotopic (exact) mass is 275 g/mol. The average Bonchev–Trinajstić information content (AvgIpc) is 2.21. The first-order valence-corrected chi connectivity index (χ1v) is 5.56. The van der Waals surface area contributed by atoms with Crippen molar-refractivity contribution in [2.24, 2.45) is 0 Å². The van der Waals surface area contributed by atoms with Crippen LogP contribution in [-0.4, -0.2) is 16.6 Å². The molecule has 0 saturated carbocycles. The maximum absolute atomic E-state index is 12.4. The minimum atomic E-state index is -4.52. The molecule has 1 aromatic carbocycles. The maximum atomic E-state index is 12.4. The van der Waals surface area contributed by atoms with Crippen LogP contribution in [0.25, 0.3) is 0 Å². The highest BCUT2D eigenvalue weighted by Crippen LogP contribution is 2.41. The van der Waals surface area contributed by atoms with E-state index in [-0.39, 0.29) is 33.3 Å². The summed E-state index contributed by atoms with van der Waals surface area (Å²) in [5.41, 5.74) is -4.21. The highest BCUT2D eigenvalue weighted by atomic mass is 32.2. The molecule has 0 aliphatic rings. The van der Waals surface area contributed by atoms with Crippen molar-refractivity contribution in [1.29, 1.82) is 5.26 Å². The Labute approximate surface area is 105 Å². The van der Waals surface area contributed by atoms with E-state index in [1.165, 1.54) is 19.1 Å². The Morgan fingerprint density at radius 3 is 2.56 bits per heavy atom. The number of alkyl halides is 3. The van der Waals surface area contributed by atoms with Gasteiger partial charge in [-0.1, -0.05) is 6.07 Å². The van der Waals surface area contributed by atoms with Crippen LogP contribution in [0.15, 0.2) is 17.0 Å². The van der Waals surface area contributed by atoms with Gasteiger partial charge in [-0.25, -0.2) is 0 Å². The maximum Gasteiger partial charge on any atom is 0.446 e. The highest BCUT2D eigenvalue weighted by Gasteiger charge is 2.32. The molecule has 0 aromatic heterocycles. The van der Waals surface area contributed by atoms with E-state index in [4.69, 9.17) is 10.4 Å². The summed E-state index contributed by atoms with van der Waals surface area (Å²) in [4.78, 5) is 10.4. The van der Waals surface area contributed by atoms with E-state index in [2.05, 4.69) is 0 Å². The summed E-state index contributed by atoms with van der Waals surface area (Å²) in [5, 5.41) is 17.4. The average molecular weight is 275 g/mol. The molecule has 0 amide bonds. The van der Waals surface area contributed by atoms with Crippen LogP contribution in [0.3, 0.4) is 0 Å². The van der Waals surface area contributed by atoms with Gasteiger partial charge in [-0.15, -0.1) is 0 Å². The lowest BCUT2D eigenvalue weighted by molar-refractivity contribution is -0.136. The van der Waals surface area contributed by atoms with Crippen molar-refractivity contribution in [3.8, 4) is 6.07 Å². The molecule has 0 bridgehead atoms. The van der Waals surface area contributed by atoms with Crippen molar-refractivity contribution < 1.29 is 23.1 Å². The summed E-state index contributed by atoms with van der Waals surface area (Å²) in [6.07, 6.45) is -0.509. The number of hydrogen-bond acceptors (Lipinski definition) is 3. The second-order valence-corrected chi connectivity index (χ2v) is 4.53. The number of aliphatic carboxylic acids is 1. The third-order valence-electron chi connectivity index (χ3n) is 2.17. The van der Waals surface area contributed by atoms with Gasteiger partial charge in [0.2, 0.25) is 0 Å². The van der Waals surface area contributed by atoms with Crippen LogP contribution in [0.1, 0.15) is 16.7 Å². The number of halogens is 3. The van der Waals surface area contributed by atoms with E-state index in [0.717, 1.165) is 0 Å². The van der Waals surface area contributed by atoms with Gasteiger partial charge in [0.05, 0.1) is 18.1 Å². The summed E-state index contributed by atoms with van der Waals surface area (Å²) < 4.78 is 37.2. The summed E-state index contributed by atoms with van der Waals surface area (Å²) >= 11 is -0.389. The molecule has 3 nitrogen and oxygen atoms in total. The van der Waals surface area contributed by atoms with E-state index in [0.29, 0.717) is 0 Å². The number of carboxylic acid groups (broad SMARTS) is 1. The zero-order valence-corrected chi connectivity index (χ0v) is 10.0. The molecule has 1 N–H and O–H groups in total. The molecule has 1 aromatic rings. The standard InChI is InChI=1S/C11H8F3NO2S/c1-6-8(5-15)3-2-7(4-9(16)17)10(6)18-11(12,13)14/h2-3H,4H2,1H3,(H,16,17). The summed E-state index contributed by atoms with van der Waals surface area (Å²) in [6, 6.07) is 4.35. The second-order valence-electron chi connectivity index (χ2n) is 3.46. The van der Waals surface area contributed by atoms with Gasteiger partial charge in [-0.3, -0.25) is 4.79 Å². The number of nitrogens with zero attached hydrogens (tertiary/aromatic N) is 1. The lowest BCUT2D eigenvalue weighted by Crippen LogP contribution is -2.07. The fourth-order valence-electron chi connectivity index (χ4n) is 1.43. The molecule has 0 aliphatic carbocycles. The Morgan fingerprint density at radius 2 is 2.11 bits per heavy atom. The van der Waals surface area contributed by atoms with E-state index in [1.807, 2.05) is 0 Å². The molecule has 0 radical (unpaired) electrons. The van der Waals surface area contributed by atoms with Crippen LogP contribution >= 0.6 is 11.8 Å². The van der Waals surface area contributed by atoms with Gasteiger partial charge in [0.1, 0.15) is 0 Å². The third-order valence-corrected chi connectivity index (χ3v) is 3.17. The Bertz CT molecular complexity index is 520. The summed E-state index contributed by atoms with van der Waals surface area (Å²) in [6.45, 7) is 1.37. The van der Waals surface area contributed by atoms with E-state index >= 15 is 0 Å². The van der Waals surface area contributed by atoms with E-state index in [9.17, 15) is 18.0 Å². The Balaban J connectivity index is 3.31. The van der Waals surface area contributed by atoms with Gasteiger partial charge in [0.25, 0.3) is 0 Å². The number of carboxylic acids is 1. The predicted molar refractivity (Wildman–Crippen MR) is 59.1 cm³/mol. The SMILES string of the molecule is Cc1c(C#N)ccc(CC(=O)O)c1SC(F)(F)F. The van der Waals surface area contributed by atoms with Crippen molar-refractivity contribution in [3.63, 3.8) is 0 Å². The van der Waals surface area contributed by atoms with Crippen LogP contribution in [0.2, 0.25) is 0 Å². The Hall–Kier alpha value is -1.68. The molecule has 0 atom stereocenters. The van der Waals surface area contributed by atoms with Crippen molar-refractivity contribution in [2.45, 2.75) is 23.7 Å². The normalized spacial score (nSPS) is 11.1. The Morgan fingerprint density at radius 1 is 1.50 bits per heavy atom. The molecular weight excluding hydrogens is 267 g/mol. The summed E-state index contributed by atoms with van der Waals surface area (Å²) in [7, 11) is 0. The molecule has 1 rings (SSSR count). The number of carbonyl (C=O) groups is 1. The number of rotatable bonds is 3. The van der Waals surface area contributed by atoms with Crippen molar-refractivity contribution in [1.82, 2.24) is 0 Å². The van der Waals surface area contributed by atoms with Crippen LogP contribution in [0.4, 0.5) is 13.2 Å². The van der Waals surface area contributed by atoms with Crippen LogP contribution < -0.4 is 0 Å². The lowest BCUT2D eigenvalue weighted by Gasteiger charge is -2.13. The molecule has 0 spiro atoms. The zero-order valence-electron chi connectivity index (χ0n) is 9.21. The fraction of sp³-hybridized carbons (Fsp3) is 0.273. The van der Waals surface area contributed by atoms with Gasteiger partial charge in [0, 0.05) is 4.90 Å². The molecule has 96 valence electrons. The topological polar surface area (TPSA) is 61.1 Å². The third kappa shape index (κ3) is 3.67. The van der Waals surface area contributed by atoms with Gasteiger partial charge in [-0.05, 0) is 35.9 Å². The lowest BCUT2D eigenvalue weighted by atomic mass is 10.0. The molecule has 0 fully saturated rings. The molecule has 18 heavy (non-hydrogen) atoms. The van der Waals surface area contributed by atoms with Crippen LogP contribution in [0.5, 0.6) is 0 Å². The molecule has 0 unspecified atom stereocenters. The van der Waals surface area contributed by atoms with Crippen LogP contribution in [0, 0.1) is 18.3 Å². The number of thioether (sulfide) groups is 1. The van der Waals surface area contributed by atoms with Crippen molar-refractivity contribution in [2.75, 3.05) is 0 Å². The smallest absolute Gasteiger partial charge is 0.446 e. The molecule has 7 heteroatoms. The first-order chi connectivity index (χ1) is 8.24. The predicted octanol–water partition coefficient (Wildman–Crippen LogP) is 3.11. The molecule has 0 heterocycles. The highest BCUT2D eigenvalue weighted by molar-refractivity contribution is 8.00. The first kappa shape index (κ1) is 14.4. The zero-order chi connectivity index (χ0) is 13.9. The van der Waals surface area contributed by atoms with E-state index in [1.54, 1.807) is 6.07 Å². The minimum absolute atomic E-state index is 0.0568.